The molecule has 0 atom stereocenters. The van der Waals surface area contributed by atoms with E-state index in [0.29, 0.717) is 59.3 Å². The Hall–Kier alpha value is -5.43. The van der Waals surface area contributed by atoms with Gasteiger partial charge in [0.05, 0.1) is 21.3 Å². The molecule has 0 bridgehead atoms. The quantitative estimate of drug-likeness (QED) is 0.256. The lowest BCUT2D eigenvalue weighted by Gasteiger charge is -2.10. The van der Waals surface area contributed by atoms with E-state index in [-0.39, 0.29) is 0 Å². The number of nitrogens with zero attached hydrogens (tertiary/aromatic N) is 6. The molecule has 10 nitrogen and oxygen atoms in total. The summed E-state index contributed by atoms with van der Waals surface area (Å²) in [5.41, 5.74) is 4.33. The number of aryl methyl sites for hydroxylation is 2. The van der Waals surface area contributed by atoms with Gasteiger partial charge in [0.2, 0.25) is 5.95 Å². The largest absolute Gasteiger partial charge is 0.497 e. The fraction of sp³-hybridized carbons (Fsp3) is 0.219. The molecule has 42 heavy (non-hydrogen) atoms. The normalized spacial score (nSPS) is 10.5. The van der Waals surface area contributed by atoms with Crippen LogP contribution in [0.15, 0.2) is 66.9 Å². The summed E-state index contributed by atoms with van der Waals surface area (Å²) in [6.45, 7) is 4.35. The lowest BCUT2D eigenvalue weighted by Crippen LogP contribution is -2.09. The Bertz CT molecular complexity index is 1740. The molecule has 1 N–H and O–H groups in total. The van der Waals surface area contributed by atoms with Gasteiger partial charge in [-0.25, -0.2) is 15.0 Å². The Morgan fingerprint density at radius 3 is 2.24 bits per heavy atom. The number of hydrogen-bond donors (Lipinski definition) is 1. The lowest BCUT2D eigenvalue weighted by molar-refractivity contribution is 0.354. The molecule has 0 radical (unpaired) electrons. The Kier molecular flexibility index (Phi) is 8.58. The van der Waals surface area contributed by atoms with Crippen molar-refractivity contribution in [3.05, 3.63) is 107 Å². The van der Waals surface area contributed by atoms with E-state index in [1.54, 1.807) is 38.3 Å². The van der Waals surface area contributed by atoms with Crippen molar-refractivity contribution in [1.82, 2.24) is 29.7 Å². The van der Waals surface area contributed by atoms with Gasteiger partial charge in [-0.15, -0.1) is 5.10 Å². The number of aromatic nitrogens is 6. The molecule has 5 rings (SSSR count). The fourth-order valence-corrected chi connectivity index (χ4v) is 4.21. The molecular weight excluding hydrogens is 530 g/mol. The van der Waals surface area contributed by atoms with Crippen molar-refractivity contribution in [2.45, 2.75) is 26.8 Å². The van der Waals surface area contributed by atoms with E-state index >= 15 is 0 Å². The number of rotatable bonds is 9. The summed E-state index contributed by atoms with van der Waals surface area (Å²) in [6, 6.07) is 19.3. The van der Waals surface area contributed by atoms with Gasteiger partial charge >= 0.3 is 0 Å². The van der Waals surface area contributed by atoms with Crippen molar-refractivity contribution in [2.24, 2.45) is 0 Å². The summed E-state index contributed by atoms with van der Waals surface area (Å²) in [7, 11) is 4.88. The van der Waals surface area contributed by atoms with Crippen LogP contribution in [-0.4, -0.2) is 51.0 Å². The number of benzene rings is 2. The van der Waals surface area contributed by atoms with E-state index in [0.717, 1.165) is 22.4 Å². The molecule has 0 unspecified atom stereocenters. The Morgan fingerprint density at radius 2 is 1.52 bits per heavy atom. The van der Waals surface area contributed by atoms with Crippen LogP contribution in [-0.2, 0) is 13.0 Å². The van der Waals surface area contributed by atoms with Crippen molar-refractivity contribution in [3.8, 4) is 34.9 Å². The lowest BCUT2D eigenvalue weighted by atomic mass is 10.1. The third-order valence-corrected chi connectivity index (χ3v) is 6.37. The second-order valence-electron chi connectivity index (χ2n) is 9.46. The average molecular weight is 562 g/mol. The van der Waals surface area contributed by atoms with E-state index in [9.17, 15) is 0 Å². The monoisotopic (exact) mass is 561 g/mol. The van der Waals surface area contributed by atoms with Crippen molar-refractivity contribution in [2.75, 3.05) is 26.6 Å². The highest BCUT2D eigenvalue weighted by Gasteiger charge is 2.16. The molecule has 5 aromatic rings. The van der Waals surface area contributed by atoms with Crippen molar-refractivity contribution < 1.29 is 14.2 Å². The molecular formula is C32H31N7O3. The summed E-state index contributed by atoms with van der Waals surface area (Å²) in [5, 5.41) is 8.10. The molecule has 0 spiro atoms. The highest BCUT2D eigenvalue weighted by atomic mass is 16.5. The molecule has 10 heteroatoms. The Morgan fingerprint density at radius 1 is 0.762 bits per heavy atom. The van der Waals surface area contributed by atoms with Gasteiger partial charge in [-0.2, -0.15) is 9.67 Å². The first-order valence-corrected chi connectivity index (χ1v) is 13.3. The Labute approximate surface area is 244 Å². The molecule has 212 valence electrons. The molecule has 0 aliphatic carbocycles. The van der Waals surface area contributed by atoms with Crippen LogP contribution in [0.5, 0.6) is 17.2 Å². The van der Waals surface area contributed by atoms with Crippen molar-refractivity contribution >= 4 is 5.95 Å². The predicted molar refractivity (Wildman–Crippen MR) is 159 cm³/mol. The van der Waals surface area contributed by atoms with Crippen LogP contribution in [0.3, 0.4) is 0 Å². The van der Waals surface area contributed by atoms with E-state index in [4.69, 9.17) is 24.3 Å². The van der Waals surface area contributed by atoms with Gasteiger partial charge in [-0.3, -0.25) is 0 Å². The van der Waals surface area contributed by atoms with E-state index < -0.39 is 0 Å². The minimum atomic E-state index is 0.467. The van der Waals surface area contributed by atoms with Crippen LogP contribution >= 0.6 is 0 Å². The summed E-state index contributed by atoms with van der Waals surface area (Å²) in [5.74, 6) is 10.6. The minimum Gasteiger partial charge on any atom is -0.497 e. The summed E-state index contributed by atoms with van der Waals surface area (Å²) < 4.78 is 17.9. The standard InChI is InChI=1S/C32H31N7O3/c1-21-6-10-25(33-19-21)11-12-26-18-31(36-22(2)35-26)39-30(17-24-9-15-28(41-4)29(16-24)42-5)37-32(38-39)34-20-23-7-13-27(40-3)14-8-23/h6-10,13-16,18-19H,17,20H2,1-5H3,(H,34,38). The molecule has 0 saturated heterocycles. The summed E-state index contributed by atoms with van der Waals surface area (Å²) >= 11 is 0. The minimum absolute atomic E-state index is 0.467. The maximum atomic E-state index is 5.51. The molecule has 3 heterocycles. The second-order valence-corrected chi connectivity index (χ2v) is 9.46. The maximum Gasteiger partial charge on any atom is 0.243 e. The van der Waals surface area contributed by atoms with Crippen LogP contribution in [0.4, 0.5) is 5.95 Å². The topological polar surface area (TPSA) is 109 Å². The van der Waals surface area contributed by atoms with Crippen LogP contribution in [0.25, 0.3) is 5.82 Å². The molecule has 0 aliphatic rings. The van der Waals surface area contributed by atoms with E-state index in [1.165, 1.54) is 0 Å². The van der Waals surface area contributed by atoms with E-state index in [2.05, 4.69) is 32.1 Å². The SMILES string of the molecule is COc1ccc(CNc2nc(Cc3ccc(OC)c(OC)c3)n(-c3cc(C#Cc4ccc(C)cn4)nc(C)n3)n2)cc1. The third-order valence-electron chi connectivity index (χ3n) is 6.37. The first-order valence-electron chi connectivity index (χ1n) is 13.3. The number of hydrogen-bond acceptors (Lipinski definition) is 9. The molecule has 0 amide bonds. The number of nitrogens with one attached hydrogen (secondary N) is 1. The number of pyridine rings is 1. The zero-order valence-corrected chi connectivity index (χ0v) is 24.2. The molecule has 2 aromatic carbocycles. The van der Waals surface area contributed by atoms with Gasteiger partial charge in [-0.1, -0.05) is 24.3 Å². The molecule has 3 aromatic heterocycles. The fourth-order valence-electron chi connectivity index (χ4n) is 4.21. The summed E-state index contributed by atoms with van der Waals surface area (Å²) in [4.78, 5) is 18.4. The summed E-state index contributed by atoms with van der Waals surface area (Å²) in [6.07, 6.45) is 2.26. The van der Waals surface area contributed by atoms with Gasteiger partial charge in [0.25, 0.3) is 0 Å². The molecule has 0 saturated carbocycles. The highest BCUT2D eigenvalue weighted by molar-refractivity contribution is 5.45. The zero-order valence-electron chi connectivity index (χ0n) is 24.2. The van der Waals surface area contributed by atoms with Gasteiger partial charge < -0.3 is 19.5 Å². The molecule has 0 aliphatic heterocycles. The number of ether oxygens (including phenoxy) is 3. The third kappa shape index (κ3) is 6.82. The predicted octanol–water partition coefficient (Wildman–Crippen LogP) is 4.70. The van der Waals surface area contributed by atoms with Crippen LogP contribution in [0.1, 0.15) is 39.7 Å². The van der Waals surface area contributed by atoms with Gasteiger partial charge in [0, 0.05) is 25.2 Å². The maximum absolute atomic E-state index is 5.51. The first kappa shape index (κ1) is 28.1. The average Bonchev–Trinajstić information content (AvgIpc) is 3.42. The van der Waals surface area contributed by atoms with Crippen LogP contribution < -0.4 is 19.5 Å². The zero-order chi connectivity index (χ0) is 29.5. The van der Waals surface area contributed by atoms with Gasteiger partial charge in [-0.05, 0) is 72.7 Å². The highest BCUT2D eigenvalue weighted by Crippen LogP contribution is 2.29. The van der Waals surface area contributed by atoms with Crippen molar-refractivity contribution in [3.63, 3.8) is 0 Å². The number of methoxy groups -OCH3 is 3. The van der Waals surface area contributed by atoms with Gasteiger partial charge in [0.15, 0.2) is 17.3 Å². The van der Waals surface area contributed by atoms with E-state index in [1.807, 2.05) is 68.4 Å². The Balaban J connectivity index is 1.49. The second kappa shape index (κ2) is 12.8. The van der Waals surface area contributed by atoms with Crippen LogP contribution in [0.2, 0.25) is 0 Å². The first-order chi connectivity index (χ1) is 20.4. The smallest absolute Gasteiger partial charge is 0.243 e. The number of anilines is 1. The van der Waals surface area contributed by atoms with Crippen LogP contribution in [0, 0.1) is 25.7 Å². The van der Waals surface area contributed by atoms with Crippen molar-refractivity contribution in [1.29, 1.82) is 0 Å². The molecule has 0 fully saturated rings. The van der Waals surface area contributed by atoms with Gasteiger partial charge in [0.1, 0.15) is 28.8 Å².